The summed E-state index contributed by atoms with van der Waals surface area (Å²) >= 11 is 0. The molecule has 2 aromatic carbocycles. The number of amides is 1. The van der Waals surface area contributed by atoms with Crippen LogP contribution in [0.25, 0.3) is 11.3 Å². The van der Waals surface area contributed by atoms with Crippen molar-refractivity contribution in [2.24, 2.45) is 5.92 Å². The van der Waals surface area contributed by atoms with E-state index in [4.69, 9.17) is 9.15 Å². The Hall–Kier alpha value is -3.84. The largest absolute Gasteiger partial charge is 0.503 e. The van der Waals surface area contributed by atoms with Gasteiger partial charge in [-0.05, 0) is 49.4 Å². The fraction of sp³-hybridized carbons (Fsp3) is 0.310. The minimum absolute atomic E-state index is 0.140. The summed E-state index contributed by atoms with van der Waals surface area (Å²) in [5, 5.41) is 11.0. The molecule has 0 bridgehead atoms. The molecule has 0 radical (unpaired) electrons. The summed E-state index contributed by atoms with van der Waals surface area (Å²) in [5.74, 6) is -0.138. The van der Waals surface area contributed by atoms with Crippen LogP contribution in [0, 0.1) is 12.8 Å². The Morgan fingerprint density at radius 2 is 1.69 bits per heavy atom. The normalized spacial score (nSPS) is 18.4. The zero-order valence-electron chi connectivity index (χ0n) is 20.7. The third-order valence-electron chi connectivity index (χ3n) is 6.75. The van der Waals surface area contributed by atoms with E-state index in [1.165, 1.54) is 4.90 Å². The van der Waals surface area contributed by atoms with Crippen molar-refractivity contribution >= 4 is 23.1 Å². The lowest BCUT2D eigenvalue weighted by atomic mass is 9.90. The maximum Gasteiger partial charge on any atom is 0.294 e. The van der Waals surface area contributed by atoms with Gasteiger partial charge in [0.1, 0.15) is 11.5 Å². The third-order valence-corrected chi connectivity index (χ3v) is 6.75. The van der Waals surface area contributed by atoms with Crippen molar-refractivity contribution in [3.05, 3.63) is 83.3 Å². The average Bonchev–Trinajstić information content (AvgIpc) is 3.45. The molecule has 7 nitrogen and oxygen atoms in total. The molecule has 1 atom stereocenters. The van der Waals surface area contributed by atoms with Crippen LogP contribution in [0.5, 0.6) is 0 Å². The first-order valence-corrected chi connectivity index (χ1v) is 12.3. The molecule has 1 saturated heterocycles. The van der Waals surface area contributed by atoms with E-state index in [2.05, 4.69) is 4.90 Å². The molecular weight excluding hydrogens is 456 g/mol. The Morgan fingerprint density at radius 3 is 2.33 bits per heavy atom. The number of hydrogen-bond donors (Lipinski definition) is 1. The third kappa shape index (κ3) is 4.20. The van der Waals surface area contributed by atoms with Gasteiger partial charge in [0.2, 0.25) is 0 Å². The summed E-state index contributed by atoms with van der Waals surface area (Å²) < 4.78 is 11.3. The van der Waals surface area contributed by atoms with E-state index in [0.29, 0.717) is 32.0 Å². The fourth-order valence-electron chi connectivity index (χ4n) is 4.92. The highest BCUT2D eigenvalue weighted by molar-refractivity contribution is 6.17. The van der Waals surface area contributed by atoms with Crippen LogP contribution in [0.2, 0.25) is 0 Å². The maximum absolute atomic E-state index is 13.5. The van der Waals surface area contributed by atoms with Gasteiger partial charge in [0, 0.05) is 41.5 Å². The molecule has 3 heterocycles. The van der Waals surface area contributed by atoms with E-state index in [9.17, 15) is 14.7 Å². The first kappa shape index (κ1) is 23.9. The molecule has 1 fully saturated rings. The summed E-state index contributed by atoms with van der Waals surface area (Å²) in [6.45, 7) is 8.07. The number of anilines is 2. The lowest BCUT2D eigenvalue weighted by molar-refractivity contribution is -0.119. The van der Waals surface area contributed by atoms with E-state index in [0.717, 1.165) is 28.3 Å². The number of ether oxygens (including phenoxy) is 1. The highest BCUT2D eigenvalue weighted by Crippen LogP contribution is 2.45. The molecule has 1 unspecified atom stereocenters. The van der Waals surface area contributed by atoms with Crippen molar-refractivity contribution in [1.82, 2.24) is 0 Å². The second-order valence-corrected chi connectivity index (χ2v) is 9.47. The summed E-state index contributed by atoms with van der Waals surface area (Å²) in [6.07, 6.45) is 0. The van der Waals surface area contributed by atoms with Gasteiger partial charge < -0.3 is 19.2 Å². The van der Waals surface area contributed by atoms with Gasteiger partial charge in [-0.1, -0.05) is 32.0 Å². The number of furan rings is 1. The van der Waals surface area contributed by atoms with Gasteiger partial charge in [-0.3, -0.25) is 14.5 Å². The van der Waals surface area contributed by atoms with E-state index in [1.54, 1.807) is 13.8 Å². The summed E-state index contributed by atoms with van der Waals surface area (Å²) in [5.41, 5.74) is 3.33. The molecule has 7 heteroatoms. The van der Waals surface area contributed by atoms with Gasteiger partial charge in [-0.2, -0.15) is 0 Å². The van der Waals surface area contributed by atoms with Gasteiger partial charge in [-0.15, -0.1) is 0 Å². The summed E-state index contributed by atoms with van der Waals surface area (Å²) in [7, 11) is 0. The monoisotopic (exact) mass is 486 g/mol. The highest BCUT2D eigenvalue weighted by atomic mass is 16.5. The van der Waals surface area contributed by atoms with Crippen LogP contribution >= 0.6 is 0 Å². The van der Waals surface area contributed by atoms with E-state index < -0.39 is 17.7 Å². The molecule has 0 spiro atoms. The molecular formula is C29H30N2O5. The molecule has 1 amide bonds. The Labute approximate surface area is 210 Å². The van der Waals surface area contributed by atoms with Gasteiger partial charge in [0.05, 0.1) is 24.8 Å². The molecule has 2 aliphatic heterocycles. The van der Waals surface area contributed by atoms with E-state index in [-0.39, 0.29) is 17.3 Å². The zero-order chi connectivity index (χ0) is 25.4. The fourth-order valence-corrected chi connectivity index (χ4v) is 4.92. The van der Waals surface area contributed by atoms with Crippen molar-refractivity contribution in [2.75, 3.05) is 36.1 Å². The van der Waals surface area contributed by atoms with E-state index in [1.807, 2.05) is 67.6 Å². The van der Waals surface area contributed by atoms with Crippen LogP contribution < -0.4 is 9.80 Å². The zero-order valence-corrected chi connectivity index (χ0v) is 20.7. The van der Waals surface area contributed by atoms with Crippen LogP contribution in [0.3, 0.4) is 0 Å². The lowest BCUT2D eigenvalue weighted by Gasteiger charge is -2.34. The van der Waals surface area contributed by atoms with Crippen LogP contribution in [0.15, 0.2) is 76.4 Å². The van der Waals surface area contributed by atoms with Crippen LogP contribution in [-0.4, -0.2) is 43.1 Å². The van der Waals surface area contributed by atoms with Crippen molar-refractivity contribution in [3.8, 4) is 11.3 Å². The Kier molecular flexibility index (Phi) is 6.41. The molecule has 5 rings (SSSR count). The standard InChI is InChI=1S/C29H30N2O5/c1-18(2)27(32)25-26(22-6-4-5-7-23(22)30-14-16-35-17-15-30)31(29(34)28(25)33)21-11-9-20(10-12-21)24-13-8-19(3)36-24/h4-13,18,26,33H,14-17H2,1-3H3. The lowest BCUT2D eigenvalue weighted by Crippen LogP contribution is -2.38. The number of aliphatic hydroxyl groups excluding tert-OH is 1. The molecule has 0 aliphatic carbocycles. The average molecular weight is 487 g/mol. The minimum Gasteiger partial charge on any atom is -0.503 e. The first-order chi connectivity index (χ1) is 17.4. The number of carbonyl (C=O) groups is 2. The van der Waals surface area contributed by atoms with Gasteiger partial charge in [0.25, 0.3) is 5.91 Å². The summed E-state index contributed by atoms with van der Waals surface area (Å²) in [6, 6.07) is 18.2. The number of Topliss-reactive ketones (excluding diaryl/α,β-unsaturated/α-hetero) is 1. The SMILES string of the molecule is Cc1ccc(-c2ccc(N3C(=O)C(O)=C(C(=O)C(C)C)C3c3ccccc3N3CCOCC3)cc2)o1. The topological polar surface area (TPSA) is 83.2 Å². The van der Waals surface area contributed by atoms with E-state index >= 15 is 0 Å². The first-order valence-electron chi connectivity index (χ1n) is 12.3. The van der Waals surface area contributed by atoms with Gasteiger partial charge in [0.15, 0.2) is 11.5 Å². The number of para-hydroxylation sites is 1. The molecule has 3 aromatic rings. The van der Waals surface area contributed by atoms with Crippen LogP contribution in [0.1, 0.15) is 31.2 Å². The number of rotatable bonds is 6. The number of aryl methyl sites for hydroxylation is 1. The number of carbonyl (C=O) groups excluding carboxylic acids is 2. The Bertz CT molecular complexity index is 1320. The second kappa shape index (κ2) is 9.66. The molecule has 0 saturated carbocycles. The number of morpholine rings is 1. The Balaban J connectivity index is 1.61. The molecule has 36 heavy (non-hydrogen) atoms. The van der Waals surface area contributed by atoms with Crippen molar-refractivity contribution in [3.63, 3.8) is 0 Å². The number of benzene rings is 2. The number of nitrogens with zero attached hydrogens (tertiary/aromatic N) is 2. The minimum atomic E-state index is -0.747. The predicted octanol–water partition coefficient (Wildman–Crippen LogP) is 5.22. The molecule has 1 N–H and O–H groups in total. The number of aliphatic hydroxyl groups is 1. The number of hydrogen-bond acceptors (Lipinski definition) is 6. The quantitative estimate of drug-likeness (QED) is 0.515. The highest BCUT2D eigenvalue weighted by Gasteiger charge is 2.45. The predicted molar refractivity (Wildman–Crippen MR) is 138 cm³/mol. The smallest absolute Gasteiger partial charge is 0.294 e. The van der Waals surface area contributed by atoms with Crippen molar-refractivity contribution in [1.29, 1.82) is 0 Å². The van der Waals surface area contributed by atoms with Crippen molar-refractivity contribution < 1.29 is 23.8 Å². The molecule has 186 valence electrons. The summed E-state index contributed by atoms with van der Waals surface area (Å²) in [4.78, 5) is 30.6. The van der Waals surface area contributed by atoms with Crippen LogP contribution in [-0.2, 0) is 14.3 Å². The molecule has 2 aliphatic rings. The van der Waals surface area contributed by atoms with Crippen LogP contribution in [0.4, 0.5) is 11.4 Å². The maximum atomic E-state index is 13.5. The van der Waals surface area contributed by atoms with Gasteiger partial charge >= 0.3 is 0 Å². The van der Waals surface area contributed by atoms with Gasteiger partial charge in [-0.25, -0.2) is 0 Å². The van der Waals surface area contributed by atoms with Crippen molar-refractivity contribution in [2.45, 2.75) is 26.8 Å². The number of ketones is 1. The Morgan fingerprint density at radius 1 is 1.00 bits per heavy atom. The second-order valence-electron chi connectivity index (χ2n) is 9.47. The molecule has 1 aromatic heterocycles.